The Bertz CT molecular complexity index is 505. The fourth-order valence-electron chi connectivity index (χ4n) is 2.42. The lowest BCUT2D eigenvalue weighted by molar-refractivity contribution is -0.155. The largest absolute Gasteiger partial charge is 0.340 e. The van der Waals surface area contributed by atoms with E-state index in [4.69, 9.17) is 0 Å². The summed E-state index contributed by atoms with van der Waals surface area (Å²) in [6.07, 6.45) is 4.23. The topological polar surface area (TPSA) is 75.2 Å². The van der Waals surface area contributed by atoms with Crippen molar-refractivity contribution < 1.29 is 9.59 Å². The summed E-state index contributed by atoms with van der Waals surface area (Å²) in [4.78, 5) is 34.5. The molecule has 0 saturated carbocycles. The number of amides is 2. The Balaban J connectivity index is 2.30. The van der Waals surface area contributed by atoms with E-state index in [-0.39, 0.29) is 11.8 Å². The van der Waals surface area contributed by atoms with Crippen LogP contribution in [0.3, 0.4) is 0 Å². The van der Waals surface area contributed by atoms with E-state index in [2.05, 4.69) is 15.3 Å². The molecule has 0 aliphatic carbocycles. The molecule has 1 aliphatic heterocycles. The number of hydrogen-bond donors (Lipinski definition) is 1. The van der Waals surface area contributed by atoms with Crippen molar-refractivity contribution in [1.82, 2.24) is 20.2 Å². The maximum atomic E-state index is 12.7. The second kappa shape index (κ2) is 5.56. The van der Waals surface area contributed by atoms with Crippen molar-refractivity contribution in [3.05, 3.63) is 24.3 Å². The van der Waals surface area contributed by atoms with Crippen LogP contribution >= 0.6 is 0 Å². The minimum absolute atomic E-state index is 0.0509. The number of nitrogens with one attached hydrogen (secondary N) is 1. The van der Waals surface area contributed by atoms with Gasteiger partial charge in [-0.3, -0.25) is 9.59 Å². The molecule has 0 bridgehead atoms. The van der Waals surface area contributed by atoms with E-state index >= 15 is 0 Å². The first-order chi connectivity index (χ1) is 9.51. The molecule has 0 radical (unpaired) electrons. The van der Waals surface area contributed by atoms with Gasteiger partial charge in [0.05, 0.1) is 12.2 Å². The van der Waals surface area contributed by atoms with Crippen LogP contribution in [-0.2, 0) is 16.1 Å². The summed E-state index contributed by atoms with van der Waals surface area (Å²) in [5, 5.41) is 2.85. The number of piperazine rings is 1. The molecule has 1 aromatic heterocycles. The summed E-state index contributed by atoms with van der Waals surface area (Å²) >= 11 is 0. The molecule has 6 nitrogen and oxygen atoms in total. The number of carbonyl (C=O) groups excluding carboxylic acids is 2. The van der Waals surface area contributed by atoms with Crippen molar-refractivity contribution in [1.29, 1.82) is 0 Å². The van der Waals surface area contributed by atoms with Crippen LogP contribution in [0, 0.1) is 0 Å². The normalized spacial score (nSPS) is 26.6. The lowest BCUT2D eigenvalue weighted by Crippen LogP contribution is -2.68. The zero-order chi connectivity index (χ0) is 14.8. The molecule has 2 unspecified atom stereocenters. The highest BCUT2D eigenvalue weighted by molar-refractivity contribution is 5.99. The Kier molecular flexibility index (Phi) is 4.01. The molecule has 1 aliphatic rings. The van der Waals surface area contributed by atoms with Gasteiger partial charge in [-0.05, 0) is 25.8 Å². The van der Waals surface area contributed by atoms with Gasteiger partial charge in [0, 0.05) is 6.20 Å². The van der Waals surface area contributed by atoms with E-state index in [9.17, 15) is 9.59 Å². The fourth-order valence-corrected chi connectivity index (χ4v) is 2.42. The molecule has 20 heavy (non-hydrogen) atoms. The molecule has 2 atom stereocenters. The van der Waals surface area contributed by atoms with Crippen molar-refractivity contribution in [2.45, 2.75) is 51.7 Å². The molecule has 108 valence electrons. The summed E-state index contributed by atoms with van der Waals surface area (Å²) < 4.78 is 0. The van der Waals surface area contributed by atoms with Crippen molar-refractivity contribution >= 4 is 11.8 Å². The average Bonchev–Trinajstić information content (AvgIpc) is 2.46. The third-order valence-electron chi connectivity index (χ3n) is 3.88. The maximum Gasteiger partial charge on any atom is 0.249 e. The Morgan fingerprint density at radius 1 is 1.40 bits per heavy atom. The standard InChI is InChI=1S/C14H20N4O2/c1-4-11-12(19)17-14(3,5-2)13(20)18(11)8-10-6-7-15-9-16-10/h6-7,9,11H,4-5,8H2,1-3H3,(H,17,19). The summed E-state index contributed by atoms with van der Waals surface area (Å²) in [6, 6.07) is 1.33. The molecule has 2 rings (SSSR count). The molecule has 1 aromatic rings. The average molecular weight is 276 g/mol. The number of nitrogens with zero attached hydrogens (tertiary/aromatic N) is 3. The van der Waals surface area contributed by atoms with Crippen LogP contribution in [0.2, 0.25) is 0 Å². The molecular weight excluding hydrogens is 256 g/mol. The lowest BCUT2D eigenvalue weighted by atomic mass is 9.91. The van der Waals surface area contributed by atoms with Gasteiger partial charge in [-0.1, -0.05) is 13.8 Å². The Morgan fingerprint density at radius 2 is 2.15 bits per heavy atom. The summed E-state index contributed by atoms with van der Waals surface area (Å²) in [5.41, 5.74) is -0.0876. The van der Waals surface area contributed by atoms with Crippen LogP contribution in [-0.4, -0.2) is 38.3 Å². The first kappa shape index (κ1) is 14.4. The second-order valence-corrected chi connectivity index (χ2v) is 5.23. The molecule has 2 amide bonds. The summed E-state index contributed by atoms with van der Waals surface area (Å²) in [5.74, 6) is -0.143. The quantitative estimate of drug-likeness (QED) is 0.886. The first-order valence-electron chi connectivity index (χ1n) is 6.89. The zero-order valence-electron chi connectivity index (χ0n) is 12.1. The van der Waals surface area contributed by atoms with Crippen LogP contribution in [0.1, 0.15) is 39.3 Å². The highest BCUT2D eigenvalue weighted by Crippen LogP contribution is 2.24. The van der Waals surface area contributed by atoms with Crippen LogP contribution in [0.5, 0.6) is 0 Å². The van der Waals surface area contributed by atoms with Gasteiger partial charge in [-0.15, -0.1) is 0 Å². The molecule has 1 fully saturated rings. The number of rotatable bonds is 4. The van der Waals surface area contributed by atoms with E-state index in [0.717, 1.165) is 5.69 Å². The molecule has 1 saturated heterocycles. The van der Waals surface area contributed by atoms with Crippen LogP contribution in [0.15, 0.2) is 18.6 Å². The third kappa shape index (κ3) is 2.50. The van der Waals surface area contributed by atoms with Gasteiger partial charge in [-0.2, -0.15) is 0 Å². The predicted molar refractivity (Wildman–Crippen MR) is 73.5 cm³/mol. The smallest absolute Gasteiger partial charge is 0.249 e. The van der Waals surface area contributed by atoms with Gasteiger partial charge >= 0.3 is 0 Å². The van der Waals surface area contributed by atoms with E-state index < -0.39 is 11.6 Å². The van der Waals surface area contributed by atoms with Crippen molar-refractivity contribution in [3.63, 3.8) is 0 Å². The molecule has 1 N–H and O–H groups in total. The number of aromatic nitrogens is 2. The van der Waals surface area contributed by atoms with Gasteiger partial charge in [0.25, 0.3) is 0 Å². The van der Waals surface area contributed by atoms with Gasteiger partial charge in [0.1, 0.15) is 17.9 Å². The van der Waals surface area contributed by atoms with E-state index in [0.29, 0.717) is 19.4 Å². The van der Waals surface area contributed by atoms with E-state index in [1.54, 1.807) is 24.1 Å². The van der Waals surface area contributed by atoms with E-state index in [1.807, 2.05) is 13.8 Å². The van der Waals surface area contributed by atoms with E-state index in [1.165, 1.54) is 6.33 Å². The van der Waals surface area contributed by atoms with Gasteiger partial charge in [0.15, 0.2) is 0 Å². The van der Waals surface area contributed by atoms with Crippen molar-refractivity contribution in [3.8, 4) is 0 Å². The molecule has 6 heteroatoms. The Labute approximate surface area is 118 Å². The number of carbonyl (C=O) groups is 2. The highest BCUT2D eigenvalue weighted by atomic mass is 16.2. The van der Waals surface area contributed by atoms with Gasteiger partial charge < -0.3 is 10.2 Å². The SMILES string of the molecule is CCC1C(=O)NC(C)(CC)C(=O)N1Cc1ccncn1. The maximum absolute atomic E-state index is 12.7. The monoisotopic (exact) mass is 276 g/mol. The fraction of sp³-hybridized carbons (Fsp3) is 0.571. The minimum Gasteiger partial charge on any atom is -0.340 e. The third-order valence-corrected chi connectivity index (χ3v) is 3.88. The zero-order valence-corrected chi connectivity index (χ0v) is 12.1. The van der Waals surface area contributed by atoms with Crippen molar-refractivity contribution in [2.24, 2.45) is 0 Å². The Morgan fingerprint density at radius 3 is 2.70 bits per heavy atom. The van der Waals surface area contributed by atoms with Gasteiger partial charge in [0.2, 0.25) is 11.8 Å². The van der Waals surface area contributed by atoms with Crippen molar-refractivity contribution in [2.75, 3.05) is 0 Å². The van der Waals surface area contributed by atoms with Crippen LogP contribution in [0.25, 0.3) is 0 Å². The highest BCUT2D eigenvalue weighted by Gasteiger charge is 2.46. The minimum atomic E-state index is -0.824. The van der Waals surface area contributed by atoms with Crippen LogP contribution in [0.4, 0.5) is 0 Å². The number of hydrogen-bond acceptors (Lipinski definition) is 4. The predicted octanol–water partition coefficient (Wildman–Crippen LogP) is 0.882. The lowest BCUT2D eigenvalue weighted by Gasteiger charge is -2.43. The summed E-state index contributed by atoms with van der Waals surface area (Å²) in [7, 11) is 0. The Hall–Kier alpha value is -1.98. The first-order valence-corrected chi connectivity index (χ1v) is 6.89. The summed E-state index contributed by atoms with van der Waals surface area (Å²) in [6.45, 7) is 5.90. The van der Waals surface area contributed by atoms with Crippen LogP contribution < -0.4 is 5.32 Å². The molecule has 0 aromatic carbocycles. The van der Waals surface area contributed by atoms with Gasteiger partial charge in [-0.25, -0.2) is 9.97 Å². The molecular formula is C14H20N4O2. The molecule has 0 spiro atoms. The molecule has 2 heterocycles. The second-order valence-electron chi connectivity index (χ2n) is 5.23.